The lowest BCUT2D eigenvalue weighted by atomic mass is 10.4. The van der Waals surface area contributed by atoms with Gasteiger partial charge in [0.05, 0.1) is 5.69 Å². The van der Waals surface area contributed by atoms with E-state index in [0.29, 0.717) is 10.7 Å². The van der Waals surface area contributed by atoms with Gasteiger partial charge in [-0.2, -0.15) is 5.10 Å². The summed E-state index contributed by atoms with van der Waals surface area (Å²) in [6, 6.07) is 3.85. The van der Waals surface area contributed by atoms with Gasteiger partial charge in [-0.25, -0.2) is 14.5 Å². The highest BCUT2D eigenvalue weighted by Crippen LogP contribution is 2.12. The zero-order valence-electron chi connectivity index (χ0n) is 12.3. The average molecular weight is 332 g/mol. The third-order valence-corrected chi connectivity index (χ3v) is 4.09. The third kappa shape index (κ3) is 2.90. The molecule has 118 valence electrons. The molecule has 0 spiro atoms. The number of carbonyl (C=O) groups is 1. The van der Waals surface area contributed by atoms with Crippen LogP contribution in [0.3, 0.4) is 0 Å². The monoisotopic (exact) mass is 332 g/mol. The summed E-state index contributed by atoms with van der Waals surface area (Å²) in [5.74, 6) is -0.690. The van der Waals surface area contributed by atoms with Crippen molar-refractivity contribution in [2.24, 2.45) is 7.05 Å². The molecule has 3 aromatic heterocycles. The predicted octanol–water partition coefficient (Wildman–Crippen LogP) is 0.515. The number of nitrogens with zero attached hydrogens (tertiary/aromatic N) is 4. The van der Waals surface area contributed by atoms with Crippen LogP contribution in [-0.2, 0) is 18.4 Å². The molecule has 9 heteroatoms. The van der Waals surface area contributed by atoms with Gasteiger partial charge in [-0.05, 0) is 13.0 Å². The second-order valence-electron chi connectivity index (χ2n) is 4.84. The van der Waals surface area contributed by atoms with E-state index in [9.17, 15) is 14.4 Å². The van der Waals surface area contributed by atoms with Crippen molar-refractivity contribution >= 4 is 22.3 Å². The number of thiazole rings is 1. The number of esters is 1. The normalized spacial score (nSPS) is 10.9. The molecular weight excluding hydrogens is 320 g/mol. The average Bonchev–Trinajstić information content (AvgIpc) is 2.89. The van der Waals surface area contributed by atoms with E-state index in [1.54, 1.807) is 0 Å². The Labute approximate surface area is 133 Å². The molecule has 0 bridgehead atoms. The number of carbonyl (C=O) groups excluding carboxylic acids is 1. The van der Waals surface area contributed by atoms with Crippen LogP contribution in [-0.4, -0.2) is 25.1 Å². The van der Waals surface area contributed by atoms with E-state index in [1.165, 1.54) is 41.0 Å². The summed E-state index contributed by atoms with van der Waals surface area (Å²) in [7, 11) is 1.44. The Morgan fingerprint density at radius 2 is 2.09 bits per heavy atom. The molecule has 0 fully saturated rings. The minimum atomic E-state index is -0.690. The molecule has 0 unspecified atom stereocenters. The molecule has 0 aliphatic carbocycles. The van der Waals surface area contributed by atoms with Crippen LogP contribution in [0.2, 0.25) is 0 Å². The number of fused-ring (bicyclic) bond motifs is 1. The van der Waals surface area contributed by atoms with Crippen LogP contribution in [0, 0.1) is 6.92 Å². The minimum Gasteiger partial charge on any atom is -0.454 e. The Morgan fingerprint density at radius 3 is 2.83 bits per heavy atom. The van der Waals surface area contributed by atoms with Gasteiger partial charge in [0.1, 0.15) is 6.61 Å². The molecule has 0 saturated heterocycles. The van der Waals surface area contributed by atoms with Gasteiger partial charge in [0.2, 0.25) is 0 Å². The molecule has 0 radical (unpaired) electrons. The number of ether oxygens (including phenoxy) is 1. The van der Waals surface area contributed by atoms with Crippen molar-refractivity contribution in [3.05, 3.63) is 61.4 Å². The molecule has 3 aromatic rings. The molecule has 0 aliphatic heterocycles. The summed E-state index contributed by atoms with van der Waals surface area (Å²) in [4.78, 5) is 40.0. The van der Waals surface area contributed by atoms with Gasteiger partial charge < -0.3 is 4.74 Å². The van der Waals surface area contributed by atoms with Crippen LogP contribution in [0.15, 0.2) is 33.2 Å². The van der Waals surface area contributed by atoms with E-state index < -0.39 is 5.97 Å². The lowest BCUT2D eigenvalue weighted by Gasteiger charge is -2.05. The van der Waals surface area contributed by atoms with Crippen molar-refractivity contribution in [1.29, 1.82) is 0 Å². The summed E-state index contributed by atoms with van der Waals surface area (Å²) in [6.07, 6.45) is 0. The molecular formula is C14H12N4O4S. The first-order valence-corrected chi connectivity index (χ1v) is 7.52. The lowest BCUT2D eigenvalue weighted by Crippen LogP contribution is -2.22. The summed E-state index contributed by atoms with van der Waals surface area (Å²) < 4.78 is 7.63. The second kappa shape index (κ2) is 5.76. The Balaban J connectivity index is 1.80. The Bertz CT molecular complexity index is 1020. The molecule has 0 atom stereocenters. The first-order valence-electron chi connectivity index (χ1n) is 6.64. The molecule has 3 heterocycles. The molecule has 0 N–H and O–H groups in total. The highest BCUT2D eigenvalue weighted by Gasteiger charge is 2.12. The largest absolute Gasteiger partial charge is 0.454 e. The fourth-order valence-electron chi connectivity index (χ4n) is 2.00. The van der Waals surface area contributed by atoms with Crippen LogP contribution in [0.1, 0.15) is 21.9 Å². The second-order valence-corrected chi connectivity index (χ2v) is 5.67. The standard InChI is InChI=1S/C14H12N4O4S/c1-8-7-23-14-15-9(5-12(20)18(8)14)6-22-13(21)10-3-4-11(19)17(2)16-10/h3-5,7H,6H2,1-2H3. The molecule has 3 rings (SSSR count). The zero-order chi connectivity index (χ0) is 16.6. The molecule has 0 saturated carbocycles. The maximum atomic E-state index is 12.0. The Morgan fingerprint density at radius 1 is 1.30 bits per heavy atom. The van der Waals surface area contributed by atoms with Crippen LogP contribution in [0.25, 0.3) is 4.96 Å². The highest BCUT2D eigenvalue weighted by molar-refractivity contribution is 7.15. The quantitative estimate of drug-likeness (QED) is 0.649. The van der Waals surface area contributed by atoms with E-state index >= 15 is 0 Å². The van der Waals surface area contributed by atoms with E-state index in [1.807, 2.05) is 12.3 Å². The third-order valence-electron chi connectivity index (χ3n) is 3.15. The SMILES string of the molecule is Cc1csc2nc(COC(=O)c3ccc(=O)n(C)n3)cc(=O)n12. The summed E-state index contributed by atoms with van der Waals surface area (Å²) in [5, 5.41) is 5.63. The minimum absolute atomic E-state index is 0.0110. The predicted molar refractivity (Wildman–Crippen MR) is 82.7 cm³/mol. The van der Waals surface area contributed by atoms with Crippen molar-refractivity contribution in [2.45, 2.75) is 13.5 Å². The van der Waals surface area contributed by atoms with Crippen LogP contribution >= 0.6 is 11.3 Å². The maximum absolute atomic E-state index is 12.0. The Hall–Kier alpha value is -2.81. The fourth-order valence-corrected chi connectivity index (χ4v) is 2.89. The number of aryl methyl sites for hydroxylation is 2. The number of hydrogen-bond donors (Lipinski definition) is 0. The fraction of sp³-hybridized carbons (Fsp3) is 0.214. The van der Waals surface area contributed by atoms with Crippen molar-refractivity contribution in [1.82, 2.24) is 19.2 Å². The van der Waals surface area contributed by atoms with Crippen LogP contribution in [0.4, 0.5) is 0 Å². The van der Waals surface area contributed by atoms with E-state index in [2.05, 4.69) is 10.1 Å². The molecule has 0 aliphatic rings. The molecule has 0 aromatic carbocycles. The van der Waals surface area contributed by atoms with Gasteiger partial charge in [0, 0.05) is 30.3 Å². The molecule has 23 heavy (non-hydrogen) atoms. The van der Waals surface area contributed by atoms with Crippen molar-refractivity contribution < 1.29 is 9.53 Å². The lowest BCUT2D eigenvalue weighted by molar-refractivity contribution is 0.0458. The van der Waals surface area contributed by atoms with Crippen molar-refractivity contribution in [3.8, 4) is 0 Å². The van der Waals surface area contributed by atoms with Crippen molar-refractivity contribution in [2.75, 3.05) is 0 Å². The van der Waals surface area contributed by atoms with E-state index in [4.69, 9.17) is 4.74 Å². The summed E-state index contributed by atoms with van der Waals surface area (Å²) in [5.41, 5.74) is 0.627. The van der Waals surface area contributed by atoms with Gasteiger partial charge >= 0.3 is 5.97 Å². The van der Waals surface area contributed by atoms with Crippen LogP contribution in [0.5, 0.6) is 0 Å². The molecule has 8 nitrogen and oxygen atoms in total. The van der Waals surface area contributed by atoms with Crippen molar-refractivity contribution in [3.63, 3.8) is 0 Å². The van der Waals surface area contributed by atoms with Gasteiger partial charge in [-0.1, -0.05) is 0 Å². The first kappa shape index (κ1) is 15.1. The van der Waals surface area contributed by atoms with Gasteiger partial charge in [0.25, 0.3) is 11.1 Å². The van der Waals surface area contributed by atoms with E-state index in [-0.39, 0.29) is 23.4 Å². The smallest absolute Gasteiger partial charge is 0.359 e. The first-order chi connectivity index (χ1) is 11.0. The van der Waals surface area contributed by atoms with Gasteiger partial charge in [-0.3, -0.25) is 14.0 Å². The number of rotatable bonds is 3. The topological polar surface area (TPSA) is 95.6 Å². The highest BCUT2D eigenvalue weighted by atomic mass is 32.1. The van der Waals surface area contributed by atoms with Gasteiger partial charge in [0.15, 0.2) is 10.7 Å². The summed E-state index contributed by atoms with van der Waals surface area (Å²) in [6.45, 7) is 1.67. The number of hydrogen-bond acceptors (Lipinski definition) is 7. The van der Waals surface area contributed by atoms with Gasteiger partial charge in [-0.15, -0.1) is 11.3 Å². The molecule has 0 amide bonds. The summed E-state index contributed by atoms with van der Waals surface area (Å²) >= 11 is 1.34. The zero-order valence-corrected chi connectivity index (χ0v) is 13.2. The number of aromatic nitrogens is 4. The van der Waals surface area contributed by atoms with E-state index in [0.717, 1.165) is 10.4 Å². The maximum Gasteiger partial charge on any atom is 0.359 e. The Kier molecular flexibility index (Phi) is 3.78. The van der Waals surface area contributed by atoms with Crippen LogP contribution < -0.4 is 11.1 Å².